The van der Waals surface area contributed by atoms with Crippen molar-refractivity contribution < 1.29 is 14.3 Å². The van der Waals surface area contributed by atoms with Gasteiger partial charge >= 0.3 is 0 Å². The molecule has 1 fully saturated rings. The fourth-order valence-electron chi connectivity index (χ4n) is 2.51. The highest BCUT2D eigenvalue weighted by Crippen LogP contribution is 2.32. The summed E-state index contributed by atoms with van der Waals surface area (Å²) < 4.78 is 6.86. The summed E-state index contributed by atoms with van der Waals surface area (Å²) in [7, 11) is 0. The number of nitrogens with zero attached hydrogens (tertiary/aromatic N) is 1. The average molecular weight is 491 g/mol. The second kappa shape index (κ2) is 10.0. The number of nitrogens with one attached hydrogen (secondary N) is 1. The third kappa shape index (κ3) is 5.68. The van der Waals surface area contributed by atoms with Crippen LogP contribution in [0.3, 0.4) is 0 Å². The molecule has 0 aliphatic carbocycles. The summed E-state index contributed by atoms with van der Waals surface area (Å²) in [5.74, 6) is -0.00430. The molecule has 0 radical (unpaired) electrons. The van der Waals surface area contributed by atoms with Crippen LogP contribution in [0.1, 0.15) is 35.7 Å². The van der Waals surface area contributed by atoms with Gasteiger partial charge in [0.2, 0.25) is 0 Å². The molecule has 0 bridgehead atoms. The number of thiocarbonyl (C=S) groups is 1. The molecule has 2 aromatic rings. The molecule has 0 atom stereocenters. The molecule has 1 N–H and O–H groups in total. The minimum absolute atomic E-state index is 0.280. The number of ether oxygens (including phenoxy) is 1. The fraction of sp³-hybridized carbons (Fsp3) is 0.190. The van der Waals surface area contributed by atoms with Gasteiger partial charge in [-0.3, -0.25) is 15.0 Å². The summed E-state index contributed by atoms with van der Waals surface area (Å²) in [6, 6.07) is 14.4. The lowest BCUT2D eigenvalue weighted by Crippen LogP contribution is -2.44. The maximum Gasteiger partial charge on any atom is 0.285 e. The van der Waals surface area contributed by atoms with Crippen LogP contribution >= 0.6 is 39.9 Å². The molecule has 1 heterocycles. The molecule has 1 aliphatic rings. The highest BCUT2D eigenvalue weighted by Gasteiger charge is 2.33. The number of unbranched alkanes of at least 4 members (excludes halogenated alkanes) is 1. The van der Waals surface area contributed by atoms with Crippen LogP contribution in [0, 0.1) is 0 Å². The second-order valence-electron chi connectivity index (χ2n) is 6.24. The van der Waals surface area contributed by atoms with Crippen molar-refractivity contribution in [2.45, 2.75) is 19.8 Å². The van der Waals surface area contributed by atoms with Gasteiger partial charge in [0.1, 0.15) is 5.75 Å². The zero-order valence-electron chi connectivity index (χ0n) is 15.7. The molecule has 0 aromatic heterocycles. The Bertz CT molecular complexity index is 961. The van der Waals surface area contributed by atoms with Gasteiger partial charge in [0.15, 0.2) is 4.32 Å². The summed E-state index contributed by atoms with van der Waals surface area (Å²) in [5, 5.41) is 1.11. The van der Waals surface area contributed by atoms with Gasteiger partial charge in [-0.2, -0.15) is 5.01 Å². The molecule has 0 spiro atoms. The first-order chi connectivity index (χ1) is 14.0. The lowest BCUT2D eigenvalue weighted by atomic mass is 10.2. The van der Waals surface area contributed by atoms with Crippen molar-refractivity contribution in [2.75, 3.05) is 6.61 Å². The van der Waals surface area contributed by atoms with E-state index in [2.05, 4.69) is 28.3 Å². The highest BCUT2D eigenvalue weighted by atomic mass is 79.9. The van der Waals surface area contributed by atoms with E-state index < -0.39 is 5.91 Å². The van der Waals surface area contributed by atoms with E-state index in [4.69, 9.17) is 17.0 Å². The molecule has 0 saturated carbocycles. The Kier molecular flexibility index (Phi) is 7.46. The first-order valence-corrected chi connectivity index (χ1v) is 11.1. The number of carbonyl (C=O) groups is 2. The van der Waals surface area contributed by atoms with E-state index in [0.29, 0.717) is 17.1 Å². The fourth-order valence-corrected chi connectivity index (χ4v) is 3.96. The summed E-state index contributed by atoms with van der Waals surface area (Å²) in [4.78, 5) is 25.6. The van der Waals surface area contributed by atoms with Crippen molar-refractivity contribution in [1.82, 2.24) is 10.4 Å². The van der Waals surface area contributed by atoms with E-state index in [1.54, 1.807) is 30.3 Å². The van der Waals surface area contributed by atoms with E-state index in [1.165, 1.54) is 0 Å². The van der Waals surface area contributed by atoms with Gasteiger partial charge in [0, 0.05) is 10.0 Å². The third-order valence-corrected chi connectivity index (χ3v) is 5.87. The summed E-state index contributed by atoms with van der Waals surface area (Å²) in [6.45, 7) is 2.77. The van der Waals surface area contributed by atoms with Crippen LogP contribution < -0.4 is 10.2 Å². The largest absolute Gasteiger partial charge is 0.494 e. The monoisotopic (exact) mass is 490 g/mol. The Morgan fingerprint density at radius 2 is 2.03 bits per heavy atom. The molecule has 150 valence electrons. The Labute approximate surface area is 187 Å². The number of amides is 2. The third-order valence-electron chi connectivity index (χ3n) is 4.04. The van der Waals surface area contributed by atoms with E-state index in [-0.39, 0.29) is 10.2 Å². The van der Waals surface area contributed by atoms with E-state index >= 15 is 0 Å². The summed E-state index contributed by atoms with van der Waals surface area (Å²) in [5.41, 5.74) is 3.84. The predicted octanol–water partition coefficient (Wildman–Crippen LogP) is 5.17. The normalized spacial score (nSPS) is 15.1. The van der Waals surface area contributed by atoms with Gasteiger partial charge in [0.05, 0.1) is 11.5 Å². The van der Waals surface area contributed by atoms with Crippen LogP contribution in [-0.4, -0.2) is 27.8 Å². The molecule has 5 nitrogen and oxygen atoms in total. The molecule has 2 aromatic carbocycles. The first-order valence-electron chi connectivity index (χ1n) is 9.05. The van der Waals surface area contributed by atoms with Gasteiger partial charge < -0.3 is 4.74 Å². The van der Waals surface area contributed by atoms with Crippen LogP contribution in [0.15, 0.2) is 57.9 Å². The Morgan fingerprint density at radius 3 is 2.76 bits per heavy atom. The van der Waals surface area contributed by atoms with Crippen LogP contribution in [0.2, 0.25) is 0 Å². The standard InChI is InChI=1S/C21H19BrN2O3S2/c1-2-3-11-27-17-6-4-5-14(12-17)13-18-20(26)24(21(28)29-18)23-19(25)15-7-9-16(22)10-8-15/h4-10,12-13H,2-3,11H2,1H3,(H,23,25)/b18-13+. The van der Waals surface area contributed by atoms with Gasteiger partial charge in [-0.15, -0.1) is 0 Å². The SMILES string of the molecule is CCCCOc1cccc(/C=C2/SC(=S)N(NC(=O)c3ccc(Br)cc3)C2=O)c1. The van der Waals surface area contributed by atoms with Gasteiger partial charge in [-0.25, -0.2) is 0 Å². The molecule has 8 heteroatoms. The quantitative estimate of drug-likeness (QED) is 0.329. The van der Waals surface area contributed by atoms with Crippen molar-refractivity contribution in [3.8, 4) is 5.75 Å². The number of hydrogen-bond donors (Lipinski definition) is 1. The Hall–Kier alpha value is -2.16. The van der Waals surface area contributed by atoms with Crippen molar-refractivity contribution in [3.63, 3.8) is 0 Å². The smallest absolute Gasteiger partial charge is 0.285 e. The predicted molar refractivity (Wildman–Crippen MR) is 123 cm³/mol. The highest BCUT2D eigenvalue weighted by molar-refractivity contribution is 9.10. The Balaban J connectivity index is 1.70. The van der Waals surface area contributed by atoms with Crippen LogP contribution in [-0.2, 0) is 4.79 Å². The van der Waals surface area contributed by atoms with Crippen LogP contribution in [0.4, 0.5) is 0 Å². The van der Waals surface area contributed by atoms with Crippen LogP contribution in [0.5, 0.6) is 5.75 Å². The summed E-state index contributed by atoms with van der Waals surface area (Å²) >= 11 is 9.75. The molecule has 2 amide bonds. The van der Waals surface area contributed by atoms with Gasteiger partial charge in [0.25, 0.3) is 11.8 Å². The number of rotatable bonds is 7. The average Bonchev–Trinajstić information content (AvgIpc) is 2.96. The molecule has 3 rings (SSSR count). The second-order valence-corrected chi connectivity index (χ2v) is 8.83. The number of benzene rings is 2. The molecule has 29 heavy (non-hydrogen) atoms. The number of hydrazine groups is 1. The van der Waals surface area contributed by atoms with Crippen molar-refractivity contribution in [1.29, 1.82) is 0 Å². The minimum Gasteiger partial charge on any atom is -0.494 e. The molecular weight excluding hydrogens is 472 g/mol. The summed E-state index contributed by atoms with van der Waals surface area (Å²) in [6.07, 6.45) is 3.80. The molecular formula is C21H19BrN2O3S2. The van der Waals surface area contributed by atoms with E-state index in [1.807, 2.05) is 24.3 Å². The number of hydrogen-bond acceptors (Lipinski definition) is 5. The topological polar surface area (TPSA) is 58.6 Å². The Morgan fingerprint density at radius 1 is 1.28 bits per heavy atom. The maximum absolute atomic E-state index is 12.7. The van der Waals surface area contributed by atoms with Gasteiger partial charge in [-0.1, -0.05) is 53.2 Å². The number of halogens is 1. The molecule has 1 saturated heterocycles. The molecule has 0 unspecified atom stereocenters. The van der Waals surface area contributed by atoms with E-state index in [0.717, 1.165) is 45.4 Å². The lowest BCUT2D eigenvalue weighted by molar-refractivity contribution is -0.123. The van der Waals surface area contributed by atoms with Crippen molar-refractivity contribution in [2.24, 2.45) is 0 Å². The zero-order valence-corrected chi connectivity index (χ0v) is 18.9. The maximum atomic E-state index is 12.7. The molecule has 1 aliphatic heterocycles. The van der Waals surface area contributed by atoms with Crippen molar-refractivity contribution in [3.05, 3.63) is 69.0 Å². The lowest BCUT2D eigenvalue weighted by Gasteiger charge is -2.15. The number of thioether (sulfide) groups is 1. The first kappa shape index (κ1) is 21.5. The van der Waals surface area contributed by atoms with E-state index in [9.17, 15) is 9.59 Å². The number of carbonyl (C=O) groups excluding carboxylic acids is 2. The van der Waals surface area contributed by atoms with Gasteiger partial charge in [-0.05, 0) is 66.7 Å². The van der Waals surface area contributed by atoms with Crippen molar-refractivity contribution >= 4 is 62.1 Å². The van der Waals surface area contributed by atoms with Crippen LogP contribution in [0.25, 0.3) is 6.08 Å². The zero-order chi connectivity index (χ0) is 20.8. The minimum atomic E-state index is -0.402.